The molecular weight excluding hydrogens is 396 g/mol. The average Bonchev–Trinajstić information content (AvgIpc) is 3.39. The smallest absolute Gasteiger partial charge is 0.230 e. The van der Waals surface area contributed by atoms with E-state index in [-0.39, 0.29) is 17.9 Å². The van der Waals surface area contributed by atoms with Gasteiger partial charge in [-0.05, 0) is 36.5 Å². The van der Waals surface area contributed by atoms with E-state index in [0.717, 1.165) is 12.0 Å². The molecule has 1 aromatic rings. The molecule has 0 aliphatic carbocycles. The number of nitrogens with one attached hydrogen (secondary N) is 1. The van der Waals surface area contributed by atoms with E-state index in [1.165, 1.54) is 0 Å². The Morgan fingerprint density at radius 3 is 2.77 bits per heavy atom. The van der Waals surface area contributed by atoms with Crippen LogP contribution in [0.15, 0.2) is 30.4 Å². The zero-order valence-corrected chi connectivity index (χ0v) is 18.7. The Morgan fingerprint density at radius 2 is 2.06 bits per heavy atom. The first-order chi connectivity index (χ1) is 14.9. The maximum absolute atomic E-state index is 13.3. The average molecular weight is 429 g/mol. The number of carbonyl (C=O) groups is 2. The van der Waals surface area contributed by atoms with Gasteiger partial charge in [-0.25, -0.2) is 0 Å². The van der Waals surface area contributed by atoms with E-state index in [0.29, 0.717) is 43.5 Å². The molecule has 31 heavy (non-hydrogen) atoms. The third kappa shape index (κ3) is 3.91. The van der Waals surface area contributed by atoms with Gasteiger partial charge in [0.25, 0.3) is 0 Å². The fourth-order valence-corrected chi connectivity index (χ4v) is 4.97. The monoisotopic (exact) mass is 428 g/mol. The van der Waals surface area contributed by atoms with Crippen molar-refractivity contribution in [2.24, 2.45) is 17.8 Å². The molecule has 4 unspecified atom stereocenters. The van der Waals surface area contributed by atoms with E-state index >= 15 is 0 Å². The normalized spacial score (nSPS) is 28.4. The van der Waals surface area contributed by atoms with Crippen molar-refractivity contribution in [3.8, 4) is 11.5 Å². The molecule has 1 aromatic carbocycles. The molecular formula is C24H32N2O5. The lowest BCUT2D eigenvalue weighted by Crippen LogP contribution is -2.44. The summed E-state index contributed by atoms with van der Waals surface area (Å²) < 4.78 is 16.9. The van der Waals surface area contributed by atoms with Crippen molar-refractivity contribution in [1.82, 2.24) is 10.2 Å². The minimum absolute atomic E-state index is 0.0105. The van der Waals surface area contributed by atoms with Gasteiger partial charge in [0.15, 0.2) is 11.5 Å². The number of hydrogen-bond donors (Lipinski definition) is 1. The van der Waals surface area contributed by atoms with E-state index in [2.05, 4.69) is 19.2 Å². The van der Waals surface area contributed by atoms with Crippen LogP contribution in [0.3, 0.4) is 0 Å². The van der Waals surface area contributed by atoms with Crippen LogP contribution in [-0.2, 0) is 20.7 Å². The maximum atomic E-state index is 13.3. The molecule has 168 valence electrons. The van der Waals surface area contributed by atoms with Crippen LogP contribution in [0.25, 0.3) is 0 Å². The molecule has 3 heterocycles. The number of methoxy groups -OCH3 is 2. The van der Waals surface area contributed by atoms with Crippen molar-refractivity contribution in [3.63, 3.8) is 0 Å². The quantitative estimate of drug-likeness (QED) is 0.610. The number of ether oxygens (including phenoxy) is 3. The largest absolute Gasteiger partial charge is 0.493 e. The van der Waals surface area contributed by atoms with Crippen LogP contribution in [0.5, 0.6) is 11.5 Å². The zero-order valence-electron chi connectivity index (χ0n) is 18.7. The lowest BCUT2D eigenvalue weighted by Gasteiger charge is -2.23. The summed E-state index contributed by atoms with van der Waals surface area (Å²) in [6.45, 7) is 5.94. The highest BCUT2D eigenvalue weighted by Crippen LogP contribution is 2.51. The summed E-state index contributed by atoms with van der Waals surface area (Å²) in [7, 11) is 3.22. The maximum Gasteiger partial charge on any atom is 0.230 e. The summed E-state index contributed by atoms with van der Waals surface area (Å²) in [6, 6.07) is 5.79. The molecule has 2 fully saturated rings. The lowest BCUT2D eigenvalue weighted by molar-refractivity contribution is -0.137. The molecule has 7 nitrogen and oxygen atoms in total. The van der Waals surface area contributed by atoms with Crippen molar-refractivity contribution in [2.75, 3.05) is 33.9 Å². The number of amides is 2. The Kier molecular flexibility index (Phi) is 5.97. The first kappa shape index (κ1) is 21.7. The first-order valence-corrected chi connectivity index (χ1v) is 11.0. The van der Waals surface area contributed by atoms with Gasteiger partial charge in [-0.3, -0.25) is 9.59 Å². The van der Waals surface area contributed by atoms with Gasteiger partial charge in [0.2, 0.25) is 11.8 Å². The van der Waals surface area contributed by atoms with Gasteiger partial charge in [0, 0.05) is 13.1 Å². The molecule has 1 spiro atoms. The molecule has 2 bridgehead atoms. The van der Waals surface area contributed by atoms with Crippen LogP contribution in [-0.4, -0.2) is 62.3 Å². The number of likely N-dealkylation sites (tertiary alicyclic amines) is 1. The summed E-state index contributed by atoms with van der Waals surface area (Å²) >= 11 is 0. The highest BCUT2D eigenvalue weighted by molar-refractivity contribution is 5.93. The summed E-state index contributed by atoms with van der Waals surface area (Å²) in [6.07, 6.45) is 5.25. The zero-order chi connectivity index (χ0) is 22.2. The van der Waals surface area contributed by atoms with E-state index in [1.807, 2.05) is 35.3 Å². The number of rotatable bonds is 9. The van der Waals surface area contributed by atoms with Crippen LogP contribution >= 0.6 is 0 Å². The number of nitrogens with zero attached hydrogens (tertiary/aromatic N) is 1. The number of fused-ring (bicyclic) bond motifs is 1. The molecule has 7 heteroatoms. The minimum Gasteiger partial charge on any atom is -0.493 e. The van der Waals surface area contributed by atoms with Crippen LogP contribution in [0.1, 0.15) is 25.8 Å². The van der Waals surface area contributed by atoms with Crippen molar-refractivity contribution < 1.29 is 23.8 Å². The topological polar surface area (TPSA) is 77.1 Å². The van der Waals surface area contributed by atoms with Crippen LogP contribution < -0.4 is 14.8 Å². The fourth-order valence-electron chi connectivity index (χ4n) is 4.97. The molecule has 0 aromatic heterocycles. The van der Waals surface area contributed by atoms with Crippen molar-refractivity contribution in [2.45, 2.75) is 38.4 Å². The minimum atomic E-state index is -0.667. The van der Waals surface area contributed by atoms with Crippen LogP contribution in [0.4, 0.5) is 0 Å². The summed E-state index contributed by atoms with van der Waals surface area (Å²) in [4.78, 5) is 28.0. The van der Waals surface area contributed by atoms with E-state index < -0.39 is 17.4 Å². The third-order valence-corrected chi connectivity index (χ3v) is 6.62. The van der Waals surface area contributed by atoms with Gasteiger partial charge in [0.1, 0.15) is 5.60 Å². The second-order valence-corrected chi connectivity index (χ2v) is 9.07. The van der Waals surface area contributed by atoms with Gasteiger partial charge in [-0.2, -0.15) is 0 Å². The predicted octanol–water partition coefficient (Wildman–Crippen LogP) is 2.19. The van der Waals surface area contributed by atoms with E-state index in [1.54, 1.807) is 14.2 Å². The van der Waals surface area contributed by atoms with Gasteiger partial charge < -0.3 is 24.4 Å². The Bertz CT molecular complexity index is 883. The van der Waals surface area contributed by atoms with Crippen molar-refractivity contribution in [1.29, 1.82) is 0 Å². The third-order valence-electron chi connectivity index (χ3n) is 6.62. The van der Waals surface area contributed by atoms with Crippen molar-refractivity contribution in [3.05, 3.63) is 35.9 Å². The number of hydrogen-bond acceptors (Lipinski definition) is 5. The van der Waals surface area contributed by atoms with E-state index in [4.69, 9.17) is 14.2 Å². The van der Waals surface area contributed by atoms with Gasteiger partial charge in [-0.15, -0.1) is 0 Å². The Labute approximate surface area is 183 Å². The SMILES string of the molecule is COc1ccc(CCN2CC34C=CC(O3)C(C(=O)NCCC(C)C)C4C2=O)cc1OC. The molecule has 3 aliphatic rings. The van der Waals surface area contributed by atoms with Gasteiger partial charge >= 0.3 is 0 Å². The Morgan fingerprint density at radius 1 is 1.29 bits per heavy atom. The molecule has 0 saturated carbocycles. The summed E-state index contributed by atoms with van der Waals surface area (Å²) in [5.74, 6) is 0.920. The van der Waals surface area contributed by atoms with Gasteiger partial charge in [0.05, 0.1) is 38.7 Å². The summed E-state index contributed by atoms with van der Waals surface area (Å²) in [5, 5.41) is 3.02. The lowest BCUT2D eigenvalue weighted by atomic mass is 9.77. The second-order valence-electron chi connectivity index (χ2n) is 9.07. The highest BCUT2D eigenvalue weighted by atomic mass is 16.5. The fraction of sp³-hybridized carbons (Fsp3) is 0.583. The second kappa shape index (κ2) is 8.54. The number of benzene rings is 1. The molecule has 4 atom stereocenters. The standard InChI is InChI=1S/C24H32N2O5/c1-15(2)8-11-25-22(27)20-18-7-10-24(31-18)14-26(23(28)21(20)24)12-9-16-5-6-17(29-3)19(13-16)30-4/h5-7,10,13,15,18,20-21H,8-9,11-12,14H2,1-4H3,(H,25,27). The molecule has 0 radical (unpaired) electrons. The first-order valence-electron chi connectivity index (χ1n) is 11.0. The van der Waals surface area contributed by atoms with Gasteiger partial charge in [-0.1, -0.05) is 32.1 Å². The predicted molar refractivity (Wildman–Crippen MR) is 116 cm³/mol. The molecule has 2 saturated heterocycles. The molecule has 2 amide bonds. The highest BCUT2D eigenvalue weighted by Gasteiger charge is 2.66. The van der Waals surface area contributed by atoms with Crippen LogP contribution in [0, 0.1) is 17.8 Å². The molecule has 4 rings (SSSR count). The summed E-state index contributed by atoms with van der Waals surface area (Å²) in [5.41, 5.74) is 0.392. The van der Waals surface area contributed by atoms with Crippen molar-refractivity contribution >= 4 is 11.8 Å². The van der Waals surface area contributed by atoms with Crippen LogP contribution in [0.2, 0.25) is 0 Å². The Balaban J connectivity index is 1.42. The Hall–Kier alpha value is -2.54. The molecule has 3 aliphatic heterocycles. The number of carbonyl (C=O) groups excluding carboxylic acids is 2. The van der Waals surface area contributed by atoms with E-state index in [9.17, 15) is 9.59 Å². The molecule has 1 N–H and O–H groups in total.